The smallest absolute Gasteiger partial charge is 0.252 e. The highest BCUT2D eigenvalue weighted by atomic mass is 16.3. The van der Waals surface area contributed by atoms with Crippen LogP contribution in [0.4, 0.5) is 11.6 Å². The number of anilines is 2. The number of furan rings is 1. The summed E-state index contributed by atoms with van der Waals surface area (Å²) in [4.78, 5) is 25.6. The average Bonchev–Trinajstić information content (AvgIpc) is 3.12. The molecule has 0 atom stereocenters. The summed E-state index contributed by atoms with van der Waals surface area (Å²) >= 11 is 0. The molecule has 3 aromatic rings. The lowest BCUT2D eigenvalue weighted by molar-refractivity contribution is -0.114. The van der Waals surface area contributed by atoms with Crippen LogP contribution in [0.1, 0.15) is 5.76 Å². The zero-order valence-electron chi connectivity index (χ0n) is 13.2. The molecule has 3 heterocycles. The van der Waals surface area contributed by atoms with Crippen molar-refractivity contribution in [3.8, 4) is 0 Å². The van der Waals surface area contributed by atoms with E-state index in [-0.39, 0.29) is 5.91 Å². The predicted octanol–water partition coefficient (Wildman–Crippen LogP) is 2.72. The Bertz CT molecular complexity index is 918. The highest BCUT2D eigenvalue weighted by Crippen LogP contribution is 2.30. The van der Waals surface area contributed by atoms with Crippen LogP contribution in [0.25, 0.3) is 17.1 Å². The third-order valence-electron chi connectivity index (χ3n) is 4.01. The molecule has 0 fully saturated rings. The van der Waals surface area contributed by atoms with E-state index in [1.165, 1.54) is 6.08 Å². The summed E-state index contributed by atoms with van der Waals surface area (Å²) in [6.45, 7) is 1.28. The van der Waals surface area contributed by atoms with E-state index in [4.69, 9.17) is 4.42 Å². The largest absolute Gasteiger partial charge is 0.465 e. The van der Waals surface area contributed by atoms with E-state index in [1.807, 2.05) is 36.2 Å². The van der Waals surface area contributed by atoms with Crippen molar-refractivity contribution in [2.45, 2.75) is 0 Å². The van der Waals surface area contributed by atoms with E-state index < -0.39 is 0 Å². The molecule has 0 N–H and O–H groups in total. The van der Waals surface area contributed by atoms with Gasteiger partial charge in [0.1, 0.15) is 5.76 Å². The molecule has 1 aromatic carbocycles. The fourth-order valence-electron chi connectivity index (χ4n) is 2.72. The van der Waals surface area contributed by atoms with Crippen molar-refractivity contribution in [2.75, 3.05) is 29.9 Å². The molecule has 0 bridgehead atoms. The SMILES string of the molecule is CN1CCN(C(=O)/C=C/c2ccco2)c2nc3ccccc3nc21. The minimum Gasteiger partial charge on any atom is -0.465 e. The lowest BCUT2D eigenvalue weighted by Crippen LogP contribution is -2.43. The number of para-hydroxylation sites is 2. The molecule has 0 radical (unpaired) electrons. The van der Waals surface area contributed by atoms with Gasteiger partial charge in [-0.2, -0.15) is 0 Å². The predicted molar refractivity (Wildman–Crippen MR) is 92.9 cm³/mol. The van der Waals surface area contributed by atoms with Crippen LogP contribution in [-0.4, -0.2) is 36.0 Å². The first-order chi connectivity index (χ1) is 11.7. The molecule has 0 saturated carbocycles. The molecule has 2 aromatic heterocycles. The molecular weight excluding hydrogens is 304 g/mol. The molecule has 0 saturated heterocycles. The van der Waals surface area contributed by atoms with Gasteiger partial charge < -0.3 is 9.32 Å². The second kappa shape index (κ2) is 5.81. The van der Waals surface area contributed by atoms with Crippen molar-refractivity contribution < 1.29 is 9.21 Å². The van der Waals surface area contributed by atoms with Gasteiger partial charge in [-0.15, -0.1) is 0 Å². The van der Waals surface area contributed by atoms with Crippen LogP contribution in [0.15, 0.2) is 53.2 Å². The van der Waals surface area contributed by atoms with Crippen LogP contribution >= 0.6 is 0 Å². The molecule has 0 spiro atoms. The number of hydrogen-bond donors (Lipinski definition) is 0. The summed E-state index contributed by atoms with van der Waals surface area (Å²) in [5, 5.41) is 0. The first-order valence-electron chi connectivity index (χ1n) is 7.73. The standard InChI is InChI=1S/C18H16N4O2/c1-21-10-11-22(16(23)9-8-13-5-4-12-24-13)18-17(21)19-14-6-2-3-7-15(14)20-18/h2-9,12H,10-11H2,1H3/b9-8+. The number of hydrogen-bond acceptors (Lipinski definition) is 5. The molecule has 120 valence electrons. The lowest BCUT2D eigenvalue weighted by atomic mass is 10.2. The number of benzene rings is 1. The average molecular weight is 320 g/mol. The van der Waals surface area contributed by atoms with E-state index >= 15 is 0 Å². The summed E-state index contributed by atoms with van der Waals surface area (Å²) in [7, 11) is 1.96. The second-order valence-corrected chi connectivity index (χ2v) is 5.62. The number of nitrogens with zero attached hydrogens (tertiary/aromatic N) is 4. The van der Waals surface area contributed by atoms with E-state index in [0.29, 0.717) is 24.7 Å². The normalized spacial score (nSPS) is 14.4. The van der Waals surface area contributed by atoms with E-state index in [1.54, 1.807) is 29.4 Å². The molecule has 6 heteroatoms. The Morgan fingerprint density at radius 1 is 1.08 bits per heavy atom. The quantitative estimate of drug-likeness (QED) is 0.679. The maximum absolute atomic E-state index is 12.6. The first kappa shape index (κ1) is 14.4. The highest BCUT2D eigenvalue weighted by Gasteiger charge is 2.27. The Kier molecular flexibility index (Phi) is 3.49. The van der Waals surface area contributed by atoms with Gasteiger partial charge in [0.05, 0.1) is 17.3 Å². The van der Waals surface area contributed by atoms with Gasteiger partial charge in [-0.05, 0) is 30.3 Å². The van der Waals surface area contributed by atoms with Crippen molar-refractivity contribution in [3.05, 3.63) is 54.5 Å². The summed E-state index contributed by atoms with van der Waals surface area (Å²) in [5.74, 6) is 1.82. The first-order valence-corrected chi connectivity index (χ1v) is 7.73. The fraction of sp³-hybridized carbons (Fsp3) is 0.167. The van der Waals surface area contributed by atoms with Crippen molar-refractivity contribution in [2.24, 2.45) is 0 Å². The van der Waals surface area contributed by atoms with Gasteiger partial charge >= 0.3 is 0 Å². The van der Waals surface area contributed by atoms with Crippen molar-refractivity contribution in [1.82, 2.24) is 9.97 Å². The van der Waals surface area contributed by atoms with Gasteiger partial charge in [-0.3, -0.25) is 9.69 Å². The number of rotatable bonds is 2. The number of amides is 1. The van der Waals surface area contributed by atoms with E-state index in [2.05, 4.69) is 9.97 Å². The molecule has 6 nitrogen and oxygen atoms in total. The molecule has 24 heavy (non-hydrogen) atoms. The van der Waals surface area contributed by atoms with E-state index in [9.17, 15) is 4.79 Å². The molecule has 4 rings (SSSR count). The Morgan fingerprint density at radius 2 is 1.83 bits per heavy atom. The van der Waals surface area contributed by atoms with Crippen LogP contribution in [-0.2, 0) is 4.79 Å². The minimum atomic E-state index is -0.134. The van der Waals surface area contributed by atoms with Gasteiger partial charge in [0.2, 0.25) is 0 Å². The molecule has 0 aliphatic carbocycles. The van der Waals surface area contributed by atoms with Crippen molar-refractivity contribution in [3.63, 3.8) is 0 Å². The molecule has 0 unspecified atom stereocenters. The summed E-state index contributed by atoms with van der Waals surface area (Å²) in [6, 6.07) is 11.3. The number of aromatic nitrogens is 2. The molecule has 1 amide bonds. The van der Waals surface area contributed by atoms with Crippen LogP contribution in [0.2, 0.25) is 0 Å². The van der Waals surface area contributed by atoms with E-state index in [0.717, 1.165) is 16.9 Å². The zero-order chi connectivity index (χ0) is 16.5. The Morgan fingerprint density at radius 3 is 2.54 bits per heavy atom. The van der Waals surface area contributed by atoms with Gasteiger partial charge in [0.25, 0.3) is 5.91 Å². The summed E-state index contributed by atoms with van der Waals surface area (Å²) in [6.07, 6.45) is 4.74. The van der Waals surface area contributed by atoms with Crippen molar-refractivity contribution >= 4 is 34.7 Å². The van der Waals surface area contributed by atoms with Crippen LogP contribution in [0.5, 0.6) is 0 Å². The van der Waals surface area contributed by atoms with Crippen LogP contribution < -0.4 is 9.80 Å². The number of carbonyl (C=O) groups excluding carboxylic acids is 1. The number of fused-ring (bicyclic) bond motifs is 2. The zero-order valence-corrected chi connectivity index (χ0v) is 13.2. The topological polar surface area (TPSA) is 62.5 Å². The maximum Gasteiger partial charge on any atom is 0.252 e. The Balaban J connectivity index is 1.72. The Hall–Kier alpha value is -3.15. The lowest BCUT2D eigenvalue weighted by Gasteiger charge is -2.33. The number of likely N-dealkylation sites (N-methyl/N-ethyl adjacent to an activating group) is 1. The fourth-order valence-corrected chi connectivity index (χ4v) is 2.72. The van der Waals surface area contributed by atoms with Gasteiger partial charge in [-0.25, -0.2) is 9.97 Å². The summed E-state index contributed by atoms with van der Waals surface area (Å²) in [5.41, 5.74) is 1.60. The third kappa shape index (κ3) is 2.52. The van der Waals surface area contributed by atoms with Gasteiger partial charge in [0.15, 0.2) is 11.6 Å². The van der Waals surface area contributed by atoms with Crippen LogP contribution in [0, 0.1) is 0 Å². The minimum absolute atomic E-state index is 0.134. The second-order valence-electron chi connectivity index (χ2n) is 5.62. The Labute approximate surface area is 139 Å². The van der Waals surface area contributed by atoms with Crippen LogP contribution in [0.3, 0.4) is 0 Å². The maximum atomic E-state index is 12.6. The highest BCUT2D eigenvalue weighted by molar-refractivity contribution is 6.05. The molecule has 1 aliphatic rings. The molecule has 1 aliphatic heterocycles. The van der Waals surface area contributed by atoms with Crippen molar-refractivity contribution in [1.29, 1.82) is 0 Å². The molecular formula is C18H16N4O2. The summed E-state index contributed by atoms with van der Waals surface area (Å²) < 4.78 is 5.22. The monoisotopic (exact) mass is 320 g/mol. The van der Waals surface area contributed by atoms with Gasteiger partial charge in [-0.1, -0.05) is 12.1 Å². The third-order valence-corrected chi connectivity index (χ3v) is 4.01. The van der Waals surface area contributed by atoms with Gasteiger partial charge in [0, 0.05) is 26.2 Å². The number of carbonyl (C=O) groups is 1.